The highest BCUT2D eigenvalue weighted by atomic mass is 32.2. The fourth-order valence-electron chi connectivity index (χ4n) is 2.48. The number of aryl methyl sites for hydroxylation is 3. The monoisotopic (exact) mass is 391 g/mol. The molecule has 0 aliphatic carbocycles. The van der Waals surface area contributed by atoms with E-state index in [-0.39, 0.29) is 29.2 Å². The lowest BCUT2D eigenvalue weighted by Gasteiger charge is -2.10. The van der Waals surface area contributed by atoms with Gasteiger partial charge in [-0.3, -0.25) is 14.9 Å². The highest BCUT2D eigenvalue weighted by Crippen LogP contribution is 2.22. The predicted octanol–water partition coefficient (Wildman–Crippen LogP) is 2.83. The molecule has 1 amide bonds. The van der Waals surface area contributed by atoms with Crippen LogP contribution < -0.4 is 10.0 Å². The lowest BCUT2D eigenvalue weighted by Crippen LogP contribution is -2.28. The van der Waals surface area contributed by atoms with Gasteiger partial charge in [-0.1, -0.05) is 18.2 Å². The fraction of sp³-hybridized carbons (Fsp3) is 0.278. The number of sulfonamides is 1. The van der Waals surface area contributed by atoms with Crippen LogP contribution in [-0.4, -0.2) is 25.8 Å². The molecule has 2 aromatic carbocycles. The number of benzene rings is 2. The van der Waals surface area contributed by atoms with E-state index in [1.807, 2.05) is 6.07 Å². The average molecular weight is 391 g/mol. The number of rotatable bonds is 7. The molecule has 0 heterocycles. The lowest BCUT2D eigenvalue weighted by atomic mass is 10.2. The number of hydrogen-bond acceptors (Lipinski definition) is 5. The van der Waals surface area contributed by atoms with E-state index < -0.39 is 20.9 Å². The second-order valence-corrected chi connectivity index (χ2v) is 7.96. The Morgan fingerprint density at radius 3 is 2.41 bits per heavy atom. The van der Waals surface area contributed by atoms with Gasteiger partial charge >= 0.3 is 0 Å². The summed E-state index contributed by atoms with van der Waals surface area (Å²) in [7, 11) is -3.72. The molecule has 0 radical (unpaired) electrons. The zero-order valence-electron chi connectivity index (χ0n) is 15.3. The van der Waals surface area contributed by atoms with Crippen molar-refractivity contribution < 1.29 is 18.1 Å². The summed E-state index contributed by atoms with van der Waals surface area (Å²) in [6, 6.07) is 9.48. The minimum atomic E-state index is -3.72. The van der Waals surface area contributed by atoms with Crippen LogP contribution in [0.2, 0.25) is 0 Å². The van der Waals surface area contributed by atoms with Gasteiger partial charge in [0.05, 0.1) is 9.82 Å². The zero-order chi connectivity index (χ0) is 20.2. The Kier molecular flexibility index (Phi) is 6.29. The number of hydrogen-bond donors (Lipinski definition) is 2. The van der Waals surface area contributed by atoms with Crippen LogP contribution in [0.25, 0.3) is 0 Å². The predicted molar refractivity (Wildman–Crippen MR) is 102 cm³/mol. The minimum absolute atomic E-state index is 0.0878. The molecule has 2 rings (SSSR count). The average Bonchev–Trinajstić information content (AvgIpc) is 2.58. The summed E-state index contributed by atoms with van der Waals surface area (Å²) in [4.78, 5) is 22.6. The Bertz CT molecular complexity index is 986. The molecule has 0 unspecified atom stereocenters. The summed E-state index contributed by atoms with van der Waals surface area (Å²) in [5.74, 6) is -0.447. The first-order chi connectivity index (χ1) is 12.6. The van der Waals surface area contributed by atoms with Crippen LogP contribution in [0, 0.1) is 30.9 Å². The zero-order valence-corrected chi connectivity index (χ0v) is 16.1. The van der Waals surface area contributed by atoms with Crippen LogP contribution in [0.4, 0.5) is 11.4 Å². The molecule has 9 heteroatoms. The van der Waals surface area contributed by atoms with Gasteiger partial charge in [0, 0.05) is 30.3 Å². The van der Waals surface area contributed by atoms with E-state index in [0.29, 0.717) is 11.1 Å². The maximum atomic E-state index is 12.4. The summed E-state index contributed by atoms with van der Waals surface area (Å²) in [6.07, 6.45) is -0.105. The molecule has 0 aromatic heterocycles. The maximum Gasteiger partial charge on any atom is 0.274 e. The van der Waals surface area contributed by atoms with E-state index in [2.05, 4.69) is 10.0 Å². The number of carbonyl (C=O) groups excluding carboxylic acids is 1. The number of nitro groups is 1. The molecule has 144 valence electrons. The Labute approximate surface area is 157 Å². The Balaban J connectivity index is 1.97. The van der Waals surface area contributed by atoms with E-state index in [1.54, 1.807) is 39.0 Å². The summed E-state index contributed by atoms with van der Waals surface area (Å²) in [5, 5.41) is 13.5. The van der Waals surface area contributed by atoms with Gasteiger partial charge in [0.25, 0.3) is 5.69 Å². The molecule has 2 aromatic rings. The first-order valence-electron chi connectivity index (χ1n) is 8.22. The SMILES string of the molecule is Cc1ccc(C)c(S(=O)(=O)NCCC(=O)Nc2ccc(C)c([N+](=O)[O-])c2)c1. The van der Waals surface area contributed by atoms with Crippen LogP contribution in [0.5, 0.6) is 0 Å². The number of nitrogens with one attached hydrogen (secondary N) is 2. The van der Waals surface area contributed by atoms with Crippen molar-refractivity contribution in [3.05, 3.63) is 63.2 Å². The smallest absolute Gasteiger partial charge is 0.274 e. The molecule has 0 bridgehead atoms. The molecule has 0 saturated carbocycles. The van der Waals surface area contributed by atoms with Gasteiger partial charge in [-0.2, -0.15) is 0 Å². The van der Waals surface area contributed by atoms with Crippen LogP contribution in [0.1, 0.15) is 23.1 Å². The molecule has 0 aliphatic rings. The number of amides is 1. The quantitative estimate of drug-likeness (QED) is 0.556. The second-order valence-electron chi connectivity index (χ2n) is 6.22. The van der Waals surface area contributed by atoms with Crippen LogP contribution in [-0.2, 0) is 14.8 Å². The van der Waals surface area contributed by atoms with Crippen molar-refractivity contribution in [1.29, 1.82) is 0 Å². The van der Waals surface area contributed by atoms with E-state index in [9.17, 15) is 23.3 Å². The van der Waals surface area contributed by atoms with Crippen molar-refractivity contribution in [2.45, 2.75) is 32.1 Å². The molecule has 0 atom stereocenters. The Morgan fingerprint density at radius 2 is 1.74 bits per heavy atom. The molecule has 2 N–H and O–H groups in total. The van der Waals surface area contributed by atoms with E-state index in [0.717, 1.165) is 5.56 Å². The molecular formula is C18H21N3O5S. The third-order valence-electron chi connectivity index (χ3n) is 3.97. The van der Waals surface area contributed by atoms with Crippen LogP contribution in [0.3, 0.4) is 0 Å². The number of nitrogens with zero attached hydrogens (tertiary/aromatic N) is 1. The van der Waals surface area contributed by atoms with Crippen molar-refractivity contribution in [2.24, 2.45) is 0 Å². The topological polar surface area (TPSA) is 118 Å². The first kappa shape index (κ1) is 20.5. The summed E-state index contributed by atoms with van der Waals surface area (Å²) < 4.78 is 27.2. The summed E-state index contributed by atoms with van der Waals surface area (Å²) in [5.41, 5.74) is 2.11. The number of anilines is 1. The fourth-order valence-corrected chi connectivity index (χ4v) is 3.84. The van der Waals surface area contributed by atoms with Crippen molar-refractivity contribution in [2.75, 3.05) is 11.9 Å². The Hall–Kier alpha value is -2.78. The van der Waals surface area contributed by atoms with E-state index in [1.165, 1.54) is 12.1 Å². The highest BCUT2D eigenvalue weighted by Gasteiger charge is 2.17. The van der Waals surface area contributed by atoms with Gasteiger partial charge < -0.3 is 5.32 Å². The van der Waals surface area contributed by atoms with Gasteiger partial charge in [-0.15, -0.1) is 0 Å². The lowest BCUT2D eigenvalue weighted by molar-refractivity contribution is -0.385. The third kappa shape index (κ3) is 5.35. The largest absolute Gasteiger partial charge is 0.326 e. The summed E-state index contributed by atoms with van der Waals surface area (Å²) >= 11 is 0. The van der Waals surface area contributed by atoms with Crippen LogP contribution >= 0.6 is 0 Å². The van der Waals surface area contributed by atoms with E-state index in [4.69, 9.17) is 0 Å². The molecule has 0 saturated heterocycles. The standard InChI is InChI=1S/C18H21N3O5S/c1-12-4-5-14(3)17(10-12)27(25,26)19-9-8-18(22)20-15-7-6-13(2)16(11-15)21(23)24/h4-7,10-11,19H,8-9H2,1-3H3,(H,20,22). The maximum absolute atomic E-state index is 12.4. The molecule has 0 fully saturated rings. The Morgan fingerprint density at radius 1 is 1.07 bits per heavy atom. The van der Waals surface area contributed by atoms with Crippen molar-refractivity contribution >= 4 is 27.3 Å². The number of carbonyl (C=O) groups is 1. The van der Waals surface area contributed by atoms with Gasteiger partial charge in [-0.05, 0) is 44.0 Å². The highest BCUT2D eigenvalue weighted by molar-refractivity contribution is 7.89. The van der Waals surface area contributed by atoms with Crippen molar-refractivity contribution in [1.82, 2.24) is 4.72 Å². The van der Waals surface area contributed by atoms with E-state index >= 15 is 0 Å². The molecule has 27 heavy (non-hydrogen) atoms. The van der Waals surface area contributed by atoms with Gasteiger partial charge in [0.15, 0.2) is 0 Å². The molecular weight excluding hydrogens is 370 g/mol. The first-order valence-corrected chi connectivity index (χ1v) is 9.70. The van der Waals surface area contributed by atoms with Crippen molar-refractivity contribution in [3.63, 3.8) is 0 Å². The second kappa shape index (κ2) is 8.28. The minimum Gasteiger partial charge on any atom is -0.326 e. The summed E-state index contributed by atoms with van der Waals surface area (Å²) in [6.45, 7) is 5.01. The van der Waals surface area contributed by atoms with Gasteiger partial charge in [0.2, 0.25) is 15.9 Å². The molecule has 8 nitrogen and oxygen atoms in total. The van der Waals surface area contributed by atoms with Crippen LogP contribution in [0.15, 0.2) is 41.3 Å². The molecule has 0 spiro atoms. The third-order valence-corrected chi connectivity index (χ3v) is 5.57. The molecule has 0 aliphatic heterocycles. The van der Waals surface area contributed by atoms with Crippen molar-refractivity contribution in [3.8, 4) is 0 Å². The van der Waals surface area contributed by atoms with Gasteiger partial charge in [-0.25, -0.2) is 13.1 Å². The normalized spacial score (nSPS) is 11.2. The number of nitro benzene ring substituents is 1. The van der Waals surface area contributed by atoms with Gasteiger partial charge in [0.1, 0.15) is 0 Å².